The van der Waals surface area contributed by atoms with Gasteiger partial charge in [-0.05, 0) is 91.9 Å². The standard InChI is InChI=1S/C23H17IO2S2/c24-17-15-22(27-16-17)23(25)26-18-11-13-21(14-12-18)28(19-7-3-1-4-8-19)20-9-5-2-6-10-20/h1-16,28H. The molecule has 0 saturated heterocycles. The lowest BCUT2D eigenvalue weighted by molar-refractivity contribution is 0.0739. The Balaban J connectivity index is 1.61. The molecule has 0 aliphatic heterocycles. The van der Waals surface area contributed by atoms with Gasteiger partial charge in [-0.15, -0.1) is 11.3 Å². The minimum Gasteiger partial charge on any atom is -0.422 e. The first kappa shape index (κ1) is 19.2. The topological polar surface area (TPSA) is 26.3 Å². The average Bonchev–Trinajstić information content (AvgIpc) is 3.18. The van der Waals surface area contributed by atoms with E-state index in [2.05, 4.69) is 83.3 Å². The number of halogens is 1. The SMILES string of the molecule is O=C(Oc1ccc([SH](c2ccccc2)c2ccccc2)cc1)c1cc(I)cs1. The number of carbonyl (C=O) groups excluding carboxylic acids is 1. The van der Waals surface area contributed by atoms with Gasteiger partial charge in [0.25, 0.3) is 0 Å². The van der Waals surface area contributed by atoms with E-state index in [1.807, 2.05) is 35.7 Å². The van der Waals surface area contributed by atoms with Crippen molar-refractivity contribution in [2.75, 3.05) is 0 Å². The molecule has 4 aromatic rings. The van der Waals surface area contributed by atoms with Gasteiger partial charge in [-0.2, -0.15) is 10.9 Å². The van der Waals surface area contributed by atoms with Crippen molar-refractivity contribution in [1.82, 2.24) is 0 Å². The van der Waals surface area contributed by atoms with Gasteiger partial charge in [0.2, 0.25) is 0 Å². The zero-order chi connectivity index (χ0) is 19.3. The van der Waals surface area contributed by atoms with Crippen LogP contribution >= 0.6 is 44.8 Å². The van der Waals surface area contributed by atoms with Crippen molar-refractivity contribution in [3.05, 3.63) is 105 Å². The Kier molecular flexibility index (Phi) is 6.14. The smallest absolute Gasteiger partial charge is 0.353 e. The Hall–Kier alpha value is -2.09. The highest BCUT2D eigenvalue weighted by Crippen LogP contribution is 2.51. The molecule has 0 spiro atoms. The maximum atomic E-state index is 12.3. The molecule has 2 nitrogen and oxygen atoms in total. The van der Waals surface area contributed by atoms with E-state index in [0.717, 1.165) is 3.57 Å². The van der Waals surface area contributed by atoms with Crippen LogP contribution in [0.15, 0.2) is 111 Å². The molecular weight excluding hydrogens is 499 g/mol. The summed E-state index contributed by atoms with van der Waals surface area (Å²) in [5, 5.41) is 1.94. The van der Waals surface area contributed by atoms with Crippen molar-refractivity contribution in [2.45, 2.75) is 14.7 Å². The summed E-state index contributed by atoms with van der Waals surface area (Å²) in [6, 6.07) is 30.8. The van der Waals surface area contributed by atoms with Crippen molar-refractivity contribution in [3.8, 4) is 5.75 Å². The van der Waals surface area contributed by atoms with Gasteiger partial charge in [-0.1, -0.05) is 36.4 Å². The van der Waals surface area contributed by atoms with Crippen LogP contribution in [0, 0.1) is 3.57 Å². The maximum absolute atomic E-state index is 12.3. The molecule has 0 unspecified atom stereocenters. The highest BCUT2D eigenvalue weighted by Gasteiger charge is 2.14. The number of thiol groups is 1. The number of ether oxygens (including phenoxy) is 1. The fraction of sp³-hybridized carbons (Fsp3) is 0. The Morgan fingerprint density at radius 1 is 0.786 bits per heavy atom. The summed E-state index contributed by atoms with van der Waals surface area (Å²) in [4.78, 5) is 16.7. The molecule has 0 N–H and O–H groups in total. The van der Waals surface area contributed by atoms with E-state index in [0.29, 0.717) is 10.6 Å². The number of carbonyl (C=O) groups is 1. The van der Waals surface area contributed by atoms with Crippen molar-refractivity contribution in [1.29, 1.82) is 0 Å². The third-order valence-corrected chi connectivity index (χ3v) is 8.50. The molecule has 28 heavy (non-hydrogen) atoms. The van der Waals surface area contributed by atoms with Crippen molar-refractivity contribution < 1.29 is 9.53 Å². The monoisotopic (exact) mass is 516 g/mol. The van der Waals surface area contributed by atoms with Crippen LogP contribution in [0.2, 0.25) is 0 Å². The molecule has 0 aliphatic rings. The summed E-state index contributed by atoms with van der Waals surface area (Å²) in [6.07, 6.45) is 0. The molecule has 0 aliphatic carbocycles. The summed E-state index contributed by atoms with van der Waals surface area (Å²) in [7, 11) is -0.659. The molecule has 0 radical (unpaired) electrons. The van der Waals surface area contributed by atoms with Gasteiger partial charge in [0.05, 0.1) is 0 Å². The zero-order valence-electron chi connectivity index (χ0n) is 14.8. The summed E-state index contributed by atoms with van der Waals surface area (Å²) in [5.41, 5.74) is 0. The molecular formula is C23H17IO2S2. The second-order valence-electron chi connectivity index (χ2n) is 6.02. The zero-order valence-corrected chi connectivity index (χ0v) is 18.7. The van der Waals surface area contributed by atoms with Crippen LogP contribution in [0.4, 0.5) is 0 Å². The van der Waals surface area contributed by atoms with Crippen LogP contribution in [0.25, 0.3) is 0 Å². The second kappa shape index (κ2) is 8.94. The van der Waals surface area contributed by atoms with E-state index in [1.54, 1.807) is 0 Å². The predicted octanol–water partition coefficient (Wildman–Crippen LogP) is 7.05. The quantitative estimate of drug-likeness (QED) is 0.133. The summed E-state index contributed by atoms with van der Waals surface area (Å²) in [5.74, 6) is 0.252. The van der Waals surface area contributed by atoms with Crippen molar-refractivity contribution in [3.63, 3.8) is 0 Å². The van der Waals surface area contributed by atoms with Gasteiger partial charge in [0, 0.05) is 8.95 Å². The molecule has 0 saturated carbocycles. The average molecular weight is 516 g/mol. The third-order valence-electron chi connectivity index (χ3n) is 4.10. The number of thiophene rings is 1. The molecule has 5 heteroatoms. The largest absolute Gasteiger partial charge is 0.422 e. The lowest BCUT2D eigenvalue weighted by Crippen LogP contribution is -2.06. The van der Waals surface area contributed by atoms with Crippen LogP contribution in [-0.4, -0.2) is 5.97 Å². The first-order chi connectivity index (χ1) is 13.7. The highest BCUT2D eigenvalue weighted by atomic mass is 127. The minimum absolute atomic E-state index is 0.311. The normalized spacial score (nSPS) is 11.1. The Labute approximate surface area is 184 Å². The first-order valence-corrected chi connectivity index (χ1v) is 12.0. The molecule has 3 aromatic carbocycles. The van der Waals surface area contributed by atoms with Crippen LogP contribution in [0.5, 0.6) is 5.75 Å². The summed E-state index contributed by atoms with van der Waals surface area (Å²) >= 11 is 3.59. The van der Waals surface area contributed by atoms with Gasteiger partial charge in [0.15, 0.2) is 0 Å². The molecule has 4 rings (SSSR count). The van der Waals surface area contributed by atoms with Gasteiger partial charge in [-0.3, -0.25) is 0 Å². The van der Waals surface area contributed by atoms with Crippen LogP contribution < -0.4 is 4.74 Å². The molecule has 0 atom stereocenters. The summed E-state index contributed by atoms with van der Waals surface area (Å²) in [6.45, 7) is 0. The number of benzene rings is 3. The van der Waals surface area contributed by atoms with E-state index >= 15 is 0 Å². The van der Waals surface area contributed by atoms with E-state index in [9.17, 15) is 4.79 Å². The molecule has 140 valence electrons. The molecule has 0 bridgehead atoms. The second-order valence-corrected chi connectivity index (χ2v) is 10.4. The summed E-state index contributed by atoms with van der Waals surface area (Å²) < 4.78 is 6.58. The lowest BCUT2D eigenvalue weighted by atomic mass is 10.3. The lowest BCUT2D eigenvalue weighted by Gasteiger charge is -2.23. The molecule has 0 fully saturated rings. The van der Waals surface area contributed by atoms with Crippen molar-refractivity contribution >= 4 is 50.8 Å². The van der Waals surface area contributed by atoms with E-state index < -0.39 is 10.9 Å². The van der Waals surface area contributed by atoms with Gasteiger partial charge in [0.1, 0.15) is 10.6 Å². The predicted molar refractivity (Wildman–Crippen MR) is 125 cm³/mol. The molecule has 1 aromatic heterocycles. The van der Waals surface area contributed by atoms with Gasteiger partial charge >= 0.3 is 5.97 Å². The van der Waals surface area contributed by atoms with E-state index in [-0.39, 0.29) is 5.97 Å². The highest BCUT2D eigenvalue weighted by molar-refractivity contribution is 14.1. The fourth-order valence-corrected chi connectivity index (χ4v) is 6.67. The number of esters is 1. The minimum atomic E-state index is -0.659. The van der Waals surface area contributed by atoms with E-state index in [1.165, 1.54) is 26.0 Å². The number of hydrogen-bond donors (Lipinski definition) is 1. The van der Waals surface area contributed by atoms with Crippen LogP contribution in [0.3, 0.4) is 0 Å². The maximum Gasteiger partial charge on any atom is 0.353 e. The molecule has 0 amide bonds. The van der Waals surface area contributed by atoms with Crippen LogP contribution in [0.1, 0.15) is 9.67 Å². The Morgan fingerprint density at radius 2 is 1.32 bits per heavy atom. The van der Waals surface area contributed by atoms with Gasteiger partial charge < -0.3 is 4.74 Å². The van der Waals surface area contributed by atoms with Crippen LogP contribution in [-0.2, 0) is 0 Å². The fourth-order valence-electron chi connectivity index (χ4n) is 2.84. The first-order valence-electron chi connectivity index (χ1n) is 8.67. The van der Waals surface area contributed by atoms with Gasteiger partial charge in [-0.25, -0.2) is 4.79 Å². The number of hydrogen-bond acceptors (Lipinski definition) is 3. The third kappa shape index (κ3) is 4.48. The van der Waals surface area contributed by atoms with Crippen molar-refractivity contribution in [2.24, 2.45) is 0 Å². The molecule has 1 heterocycles. The Bertz CT molecular complexity index is 1020. The Morgan fingerprint density at radius 3 is 1.82 bits per heavy atom. The number of rotatable bonds is 5. The van der Waals surface area contributed by atoms with E-state index in [4.69, 9.17) is 4.74 Å².